The monoisotopic (exact) mass is 581 g/mol. The number of aromatic nitrogens is 4. The summed E-state index contributed by atoms with van der Waals surface area (Å²) in [4.78, 5) is 11.4. The molecule has 0 spiro atoms. The number of rotatable bonds is 8. The zero-order chi connectivity index (χ0) is 26.2. The largest absolute Gasteiger partial charge is 0.379 e. The van der Waals surface area contributed by atoms with Crippen LogP contribution >= 0.6 is 34.5 Å². The molecule has 0 atom stereocenters. The number of nitrogens with one attached hydrogen (secondary N) is 2. The summed E-state index contributed by atoms with van der Waals surface area (Å²) in [6, 6.07) is 6.80. The molecule has 10 nitrogen and oxygen atoms in total. The van der Waals surface area contributed by atoms with E-state index in [1.165, 1.54) is 6.07 Å². The molecule has 3 aromatic heterocycles. The minimum absolute atomic E-state index is 0.0562. The van der Waals surface area contributed by atoms with E-state index < -0.39 is 10.0 Å². The van der Waals surface area contributed by atoms with E-state index in [9.17, 15) is 8.42 Å². The number of anilines is 2. The molecule has 4 aromatic rings. The molecular weight excluding hydrogens is 557 g/mol. The van der Waals surface area contributed by atoms with Crippen molar-refractivity contribution in [2.75, 3.05) is 49.4 Å². The maximum absolute atomic E-state index is 13.0. The number of sulfonamides is 1. The van der Waals surface area contributed by atoms with Gasteiger partial charge in [0.2, 0.25) is 5.95 Å². The average Bonchev–Trinajstić information content (AvgIpc) is 3.39. The molecule has 0 saturated carbocycles. The van der Waals surface area contributed by atoms with Crippen LogP contribution in [0, 0.1) is 6.92 Å². The highest BCUT2D eigenvalue weighted by atomic mass is 35.5. The van der Waals surface area contributed by atoms with Gasteiger partial charge in [-0.3, -0.25) is 9.62 Å². The Morgan fingerprint density at radius 3 is 2.70 bits per heavy atom. The highest BCUT2D eigenvalue weighted by Crippen LogP contribution is 2.36. The highest BCUT2D eigenvalue weighted by Gasteiger charge is 2.23. The second-order valence-electron chi connectivity index (χ2n) is 8.61. The van der Waals surface area contributed by atoms with Gasteiger partial charge in [0.1, 0.15) is 14.9 Å². The van der Waals surface area contributed by atoms with Gasteiger partial charge in [0.15, 0.2) is 5.65 Å². The molecule has 2 N–H and O–H groups in total. The van der Waals surface area contributed by atoms with E-state index in [1.807, 2.05) is 26.1 Å². The second kappa shape index (κ2) is 10.7. The third kappa shape index (κ3) is 5.69. The van der Waals surface area contributed by atoms with Crippen LogP contribution < -0.4 is 10.0 Å². The van der Waals surface area contributed by atoms with Gasteiger partial charge in [0.05, 0.1) is 28.6 Å². The van der Waals surface area contributed by atoms with E-state index in [0.717, 1.165) is 67.2 Å². The Labute approximate surface area is 228 Å². The predicted octanol–water partition coefficient (Wildman–Crippen LogP) is 4.25. The number of morpholine rings is 1. The quantitative estimate of drug-likeness (QED) is 0.317. The maximum Gasteiger partial charge on any atom is 0.264 e. The van der Waals surface area contributed by atoms with Crippen LogP contribution in [0.1, 0.15) is 5.56 Å². The first-order valence-corrected chi connectivity index (χ1v) is 14.6. The van der Waals surface area contributed by atoms with Gasteiger partial charge < -0.3 is 10.1 Å². The Bertz CT molecular complexity index is 1550. The summed E-state index contributed by atoms with van der Waals surface area (Å²) in [5.41, 5.74) is 3.20. The second-order valence-corrected chi connectivity index (χ2v) is 12.5. The number of fused-ring (bicyclic) bond motifs is 1. The zero-order valence-corrected chi connectivity index (χ0v) is 23.3. The molecule has 0 unspecified atom stereocenters. The number of thiophene rings is 1. The summed E-state index contributed by atoms with van der Waals surface area (Å²) < 4.78 is 36.1. The zero-order valence-electron chi connectivity index (χ0n) is 20.2. The first kappa shape index (κ1) is 26.1. The number of ether oxygens (including phenoxy) is 1. The van der Waals surface area contributed by atoms with Crippen LogP contribution in [0.4, 0.5) is 11.6 Å². The SMILES string of the molecule is Cc1ccc(-c2nn(C)c3nc(NCCN4CCOCC4)ncc23)cc1NS(=O)(=O)c1cc(Cl)sc1Cl. The average molecular weight is 583 g/mol. The van der Waals surface area contributed by atoms with Gasteiger partial charge in [-0.05, 0) is 24.6 Å². The lowest BCUT2D eigenvalue weighted by Crippen LogP contribution is -2.39. The van der Waals surface area contributed by atoms with E-state index in [0.29, 0.717) is 27.3 Å². The standard InChI is InChI=1S/C23H25Cl2N7O3S2/c1-14-3-4-15(11-17(14)30-37(33,34)18-12-19(24)36-21(18)25)20-16-13-27-23(28-22(16)31(2)29-20)26-5-6-32-7-9-35-10-8-32/h3-4,11-13,30H,5-10H2,1-2H3,(H,26,27,28). The topological polar surface area (TPSA) is 114 Å². The molecule has 0 amide bonds. The van der Waals surface area contributed by atoms with E-state index >= 15 is 0 Å². The fraction of sp³-hybridized carbons (Fsp3) is 0.348. The van der Waals surface area contributed by atoms with Gasteiger partial charge in [-0.25, -0.2) is 18.1 Å². The molecule has 37 heavy (non-hydrogen) atoms. The third-order valence-corrected chi connectivity index (χ3v) is 9.18. The first-order chi connectivity index (χ1) is 17.7. The highest BCUT2D eigenvalue weighted by molar-refractivity contribution is 7.93. The Kier molecular flexibility index (Phi) is 7.57. The van der Waals surface area contributed by atoms with Crippen LogP contribution in [0.3, 0.4) is 0 Å². The molecule has 1 aliphatic heterocycles. The van der Waals surface area contributed by atoms with Crippen molar-refractivity contribution in [1.82, 2.24) is 24.6 Å². The van der Waals surface area contributed by atoms with Crippen LogP contribution in [-0.2, 0) is 21.8 Å². The molecule has 5 rings (SSSR count). The van der Waals surface area contributed by atoms with Crippen LogP contribution in [0.25, 0.3) is 22.3 Å². The molecule has 0 aliphatic carbocycles. The summed E-state index contributed by atoms with van der Waals surface area (Å²) in [7, 11) is -2.11. The molecule has 0 bridgehead atoms. The molecule has 196 valence electrons. The van der Waals surface area contributed by atoms with Gasteiger partial charge in [-0.15, -0.1) is 11.3 Å². The third-order valence-electron chi connectivity index (χ3n) is 6.07. The van der Waals surface area contributed by atoms with Crippen molar-refractivity contribution in [3.8, 4) is 11.3 Å². The number of aryl methyl sites for hydroxylation is 2. The molecular formula is C23H25Cl2N7O3S2. The van der Waals surface area contributed by atoms with Crippen molar-refractivity contribution in [3.63, 3.8) is 0 Å². The normalized spacial score (nSPS) is 14.8. The van der Waals surface area contributed by atoms with Crippen molar-refractivity contribution in [2.24, 2.45) is 7.05 Å². The Morgan fingerprint density at radius 2 is 1.97 bits per heavy atom. The smallest absolute Gasteiger partial charge is 0.264 e. The van der Waals surface area contributed by atoms with Crippen molar-refractivity contribution < 1.29 is 13.2 Å². The Morgan fingerprint density at radius 1 is 1.19 bits per heavy atom. The van der Waals surface area contributed by atoms with E-state index in [1.54, 1.807) is 16.9 Å². The molecule has 1 fully saturated rings. The number of halogens is 2. The molecule has 1 saturated heterocycles. The summed E-state index contributed by atoms with van der Waals surface area (Å²) in [6.45, 7) is 6.80. The number of benzene rings is 1. The van der Waals surface area contributed by atoms with Crippen LogP contribution in [0.15, 0.2) is 35.4 Å². The molecule has 14 heteroatoms. The van der Waals surface area contributed by atoms with Gasteiger partial charge in [-0.1, -0.05) is 35.3 Å². The van der Waals surface area contributed by atoms with Crippen LogP contribution in [-0.4, -0.2) is 72.5 Å². The van der Waals surface area contributed by atoms with E-state index in [2.05, 4.69) is 30.0 Å². The summed E-state index contributed by atoms with van der Waals surface area (Å²) in [5, 5.41) is 8.69. The Hall–Kier alpha value is -2.48. The van der Waals surface area contributed by atoms with Gasteiger partial charge >= 0.3 is 0 Å². The van der Waals surface area contributed by atoms with Crippen molar-refractivity contribution in [2.45, 2.75) is 11.8 Å². The summed E-state index contributed by atoms with van der Waals surface area (Å²) in [6.07, 6.45) is 1.73. The lowest BCUT2D eigenvalue weighted by atomic mass is 10.1. The maximum atomic E-state index is 13.0. The summed E-state index contributed by atoms with van der Waals surface area (Å²) in [5.74, 6) is 0.527. The van der Waals surface area contributed by atoms with Gasteiger partial charge in [0, 0.05) is 45.0 Å². The number of hydrogen-bond acceptors (Lipinski definition) is 9. The first-order valence-electron chi connectivity index (χ1n) is 11.5. The minimum atomic E-state index is -3.93. The minimum Gasteiger partial charge on any atom is -0.379 e. The molecule has 1 aliphatic rings. The lowest BCUT2D eigenvalue weighted by Gasteiger charge is -2.26. The van der Waals surface area contributed by atoms with Crippen LogP contribution in [0.5, 0.6) is 0 Å². The van der Waals surface area contributed by atoms with E-state index in [-0.39, 0.29) is 9.23 Å². The number of hydrogen-bond donors (Lipinski definition) is 2. The van der Waals surface area contributed by atoms with Gasteiger partial charge in [0.25, 0.3) is 10.0 Å². The molecule has 4 heterocycles. The van der Waals surface area contributed by atoms with E-state index in [4.69, 9.17) is 27.9 Å². The fourth-order valence-electron chi connectivity index (χ4n) is 4.07. The Balaban J connectivity index is 1.38. The molecule has 0 radical (unpaired) electrons. The van der Waals surface area contributed by atoms with Crippen molar-refractivity contribution in [3.05, 3.63) is 44.7 Å². The lowest BCUT2D eigenvalue weighted by molar-refractivity contribution is 0.0398. The van der Waals surface area contributed by atoms with Crippen LogP contribution in [0.2, 0.25) is 8.67 Å². The van der Waals surface area contributed by atoms with Crippen molar-refractivity contribution in [1.29, 1.82) is 0 Å². The summed E-state index contributed by atoms with van der Waals surface area (Å²) >= 11 is 13.0. The molecule has 1 aromatic carbocycles. The number of nitrogens with zero attached hydrogens (tertiary/aromatic N) is 5. The van der Waals surface area contributed by atoms with Crippen molar-refractivity contribution >= 4 is 67.2 Å². The predicted molar refractivity (Wildman–Crippen MR) is 147 cm³/mol. The fourth-order valence-corrected chi connectivity index (χ4v) is 7.35. The van der Waals surface area contributed by atoms with Gasteiger partial charge in [-0.2, -0.15) is 10.1 Å².